The van der Waals surface area contributed by atoms with E-state index >= 15 is 0 Å². The van der Waals surface area contributed by atoms with E-state index < -0.39 is 6.43 Å². The van der Waals surface area contributed by atoms with Crippen LogP contribution in [0.1, 0.15) is 13.3 Å². The van der Waals surface area contributed by atoms with Gasteiger partial charge >= 0.3 is 0 Å². The third-order valence-corrected chi connectivity index (χ3v) is 2.06. The second kappa shape index (κ2) is 9.69. The van der Waals surface area contributed by atoms with Gasteiger partial charge in [-0.3, -0.25) is 4.90 Å². The molecule has 0 saturated carbocycles. The van der Waals surface area contributed by atoms with Crippen LogP contribution in [0.4, 0.5) is 8.78 Å². The molecule has 0 heterocycles. The number of aliphatic hydroxyl groups is 1. The van der Waals surface area contributed by atoms with E-state index in [1.165, 1.54) is 4.90 Å². The third kappa shape index (κ3) is 8.76. The molecule has 96 valence electrons. The molecule has 0 aliphatic heterocycles. The molecule has 0 rings (SSSR count). The number of halogens is 2. The van der Waals surface area contributed by atoms with Gasteiger partial charge in [0.05, 0.1) is 13.2 Å². The fourth-order valence-corrected chi connectivity index (χ4v) is 1.39. The number of rotatable bonds is 10. The number of hydrogen-bond donors (Lipinski definition) is 2. The summed E-state index contributed by atoms with van der Waals surface area (Å²) in [7, 11) is 0. The highest BCUT2D eigenvalue weighted by molar-refractivity contribution is 4.99. The molecule has 0 aliphatic carbocycles. The Bertz CT molecular complexity index is 189. The SMILES string of the molecule is C=C(CNCCC)CN(CCO)CC(F)F. The molecule has 16 heavy (non-hydrogen) atoms. The average molecular weight is 236 g/mol. The summed E-state index contributed by atoms with van der Waals surface area (Å²) in [5, 5.41) is 11.9. The molecule has 0 aromatic heterocycles. The van der Waals surface area contributed by atoms with Crippen molar-refractivity contribution in [2.45, 2.75) is 19.8 Å². The molecular formula is C11H22F2N2O. The molecule has 0 atom stereocenters. The summed E-state index contributed by atoms with van der Waals surface area (Å²) < 4.78 is 24.4. The van der Waals surface area contributed by atoms with Gasteiger partial charge in [0.1, 0.15) is 0 Å². The van der Waals surface area contributed by atoms with E-state index in [1.807, 2.05) is 0 Å². The highest BCUT2D eigenvalue weighted by Gasteiger charge is 2.12. The van der Waals surface area contributed by atoms with Gasteiger partial charge in [0, 0.05) is 19.6 Å². The van der Waals surface area contributed by atoms with Crippen molar-refractivity contribution in [3.63, 3.8) is 0 Å². The first-order valence-electron chi connectivity index (χ1n) is 5.58. The van der Waals surface area contributed by atoms with E-state index in [1.54, 1.807) is 0 Å². The monoisotopic (exact) mass is 236 g/mol. The van der Waals surface area contributed by atoms with Crippen LogP contribution in [-0.2, 0) is 0 Å². The Morgan fingerprint density at radius 3 is 2.69 bits per heavy atom. The molecule has 5 heteroatoms. The van der Waals surface area contributed by atoms with Crippen molar-refractivity contribution < 1.29 is 13.9 Å². The van der Waals surface area contributed by atoms with Crippen molar-refractivity contribution in [2.75, 3.05) is 39.3 Å². The van der Waals surface area contributed by atoms with Gasteiger partial charge in [-0.25, -0.2) is 8.78 Å². The van der Waals surface area contributed by atoms with Gasteiger partial charge < -0.3 is 10.4 Å². The molecule has 0 aliphatic rings. The number of aliphatic hydroxyl groups excluding tert-OH is 1. The van der Waals surface area contributed by atoms with E-state index in [-0.39, 0.29) is 19.7 Å². The normalized spacial score (nSPS) is 11.4. The lowest BCUT2D eigenvalue weighted by Gasteiger charge is -2.22. The zero-order valence-corrected chi connectivity index (χ0v) is 9.88. The minimum atomic E-state index is -2.37. The van der Waals surface area contributed by atoms with Gasteiger partial charge in [0.25, 0.3) is 6.43 Å². The fourth-order valence-electron chi connectivity index (χ4n) is 1.39. The molecule has 0 amide bonds. The summed E-state index contributed by atoms with van der Waals surface area (Å²) in [5.41, 5.74) is 0.863. The Kier molecular flexibility index (Phi) is 9.37. The number of hydrogen-bond acceptors (Lipinski definition) is 3. The number of alkyl halides is 2. The molecule has 0 fully saturated rings. The Morgan fingerprint density at radius 1 is 1.50 bits per heavy atom. The van der Waals surface area contributed by atoms with Crippen molar-refractivity contribution in [1.82, 2.24) is 10.2 Å². The Balaban J connectivity index is 3.83. The van der Waals surface area contributed by atoms with E-state index in [4.69, 9.17) is 5.11 Å². The summed E-state index contributed by atoms with van der Waals surface area (Å²) >= 11 is 0. The summed E-state index contributed by atoms with van der Waals surface area (Å²) in [5.74, 6) is 0. The third-order valence-electron chi connectivity index (χ3n) is 2.06. The van der Waals surface area contributed by atoms with Gasteiger partial charge in [0.2, 0.25) is 0 Å². The summed E-state index contributed by atoms with van der Waals surface area (Å²) in [4.78, 5) is 1.51. The van der Waals surface area contributed by atoms with Crippen molar-refractivity contribution in [3.05, 3.63) is 12.2 Å². The van der Waals surface area contributed by atoms with Crippen LogP contribution < -0.4 is 5.32 Å². The molecule has 3 nitrogen and oxygen atoms in total. The molecule has 0 unspecified atom stereocenters. The van der Waals surface area contributed by atoms with Gasteiger partial charge in [-0.1, -0.05) is 13.5 Å². The lowest BCUT2D eigenvalue weighted by atomic mass is 10.2. The van der Waals surface area contributed by atoms with E-state index in [0.29, 0.717) is 13.1 Å². The molecule has 2 N–H and O–H groups in total. The largest absolute Gasteiger partial charge is 0.395 e. The topological polar surface area (TPSA) is 35.5 Å². The number of nitrogens with one attached hydrogen (secondary N) is 1. The lowest BCUT2D eigenvalue weighted by Crippen LogP contribution is -2.35. The van der Waals surface area contributed by atoms with Crippen LogP contribution in [0, 0.1) is 0 Å². The standard InChI is InChI=1S/C11H22F2N2O/c1-3-4-14-7-10(2)8-15(5-6-16)9-11(12)13/h11,14,16H,2-9H2,1H3. The first-order valence-corrected chi connectivity index (χ1v) is 5.58. The molecule has 0 aromatic carbocycles. The smallest absolute Gasteiger partial charge is 0.251 e. The Morgan fingerprint density at radius 2 is 2.19 bits per heavy atom. The lowest BCUT2D eigenvalue weighted by molar-refractivity contribution is 0.0829. The summed E-state index contributed by atoms with van der Waals surface area (Å²) in [6.07, 6.45) is -1.34. The van der Waals surface area contributed by atoms with Crippen LogP contribution in [0.5, 0.6) is 0 Å². The highest BCUT2D eigenvalue weighted by atomic mass is 19.3. The van der Waals surface area contributed by atoms with Gasteiger partial charge in [0.15, 0.2) is 0 Å². The first-order chi connectivity index (χ1) is 7.60. The molecule has 0 bridgehead atoms. The van der Waals surface area contributed by atoms with Crippen molar-refractivity contribution in [1.29, 1.82) is 0 Å². The minimum absolute atomic E-state index is 0.109. The second-order valence-electron chi connectivity index (χ2n) is 3.78. The maximum Gasteiger partial charge on any atom is 0.251 e. The molecular weight excluding hydrogens is 214 g/mol. The highest BCUT2D eigenvalue weighted by Crippen LogP contribution is 2.01. The summed E-state index contributed by atoms with van der Waals surface area (Å²) in [6.45, 7) is 7.66. The van der Waals surface area contributed by atoms with Crippen molar-refractivity contribution in [2.24, 2.45) is 0 Å². The fraction of sp³-hybridized carbons (Fsp3) is 0.818. The molecule has 0 saturated heterocycles. The average Bonchev–Trinajstić information content (AvgIpc) is 2.17. The van der Waals surface area contributed by atoms with Crippen LogP contribution in [0.2, 0.25) is 0 Å². The van der Waals surface area contributed by atoms with Crippen LogP contribution in [0.3, 0.4) is 0 Å². The Hall–Kier alpha value is -0.520. The summed E-state index contributed by atoms with van der Waals surface area (Å²) in [6, 6.07) is 0. The molecule has 0 aromatic rings. The van der Waals surface area contributed by atoms with E-state index in [2.05, 4.69) is 18.8 Å². The minimum Gasteiger partial charge on any atom is -0.395 e. The first kappa shape index (κ1) is 15.5. The van der Waals surface area contributed by atoms with Gasteiger partial charge in [-0.15, -0.1) is 0 Å². The van der Waals surface area contributed by atoms with Crippen molar-refractivity contribution >= 4 is 0 Å². The van der Waals surface area contributed by atoms with E-state index in [9.17, 15) is 8.78 Å². The van der Waals surface area contributed by atoms with Gasteiger partial charge in [-0.05, 0) is 18.5 Å². The van der Waals surface area contributed by atoms with Crippen molar-refractivity contribution in [3.8, 4) is 0 Å². The predicted molar refractivity (Wildman–Crippen MR) is 61.8 cm³/mol. The van der Waals surface area contributed by atoms with Crippen LogP contribution in [0.25, 0.3) is 0 Å². The predicted octanol–water partition coefficient (Wildman–Crippen LogP) is 1.10. The maximum absolute atomic E-state index is 12.2. The zero-order valence-electron chi connectivity index (χ0n) is 9.88. The Labute approximate surface area is 96.1 Å². The molecule has 0 radical (unpaired) electrons. The van der Waals surface area contributed by atoms with Crippen LogP contribution in [-0.4, -0.2) is 55.8 Å². The van der Waals surface area contributed by atoms with Crippen LogP contribution >= 0.6 is 0 Å². The zero-order chi connectivity index (χ0) is 12.4. The number of nitrogens with zero attached hydrogens (tertiary/aromatic N) is 1. The quantitative estimate of drug-likeness (QED) is 0.440. The maximum atomic E-state index is 12.2. The second-order valence-corrected chi connectivity index (χ2v) is 3.78. The van der Waals surface area contributed by atoms with Gasteiger partial charge in [-0.2, -0.15) is 0 Å². The molecule has 0 spiro atoms. The van der Waals surface area contributed by atoms with Crippen LogP contribution in [0.15, 0.2) is 12.2 Å². The van der Waals surface area contributed by atoms with E-state index in [0.717, 1.165) is 18.5 Å².